The summed E-state index contributed by atoms with van der Waals surface area (Å²) >= 11 is 4.33. The molecule has 3 saturated carbocycles. The molecule has 4 aliphatic carbocycles. The number of rotatable bonds is 13. The van der Waals surface area contributed by atoms with E-state index in [2.05, 4.69) is 58.6 Å². The predicted molar refractivity (Wildman–Crippen MR) is 171 cm³/mol. The van der Waals surface area contributed by atoms with Gasteiger partial charge in [-0.25, -0.2) is 0 Å². The molecule has 224 valence electrons. The number of nitrogens with two attached hydrogens (primary N) is 2. The molecule has 0 bridgehead atoms. The van der Waals surface area contributed by atoms with E-state index < -0.39 is 0 Å². The molecule has 0 heterocycles. The lowest BCUT2D eigenvalue weighted by molar-refractivity contribution is -0.0533. The van der Waals surface area contributed by atoms with Gasteiger partial charge in [0.15, 0.2) is 0 Å². The Morgan fingerprint density at radius 1 is 1.05 bits per heavy atom. The maximum absolute atomic E-state index is 7.94. The zero-order chi connectivity index (χ0) is 28.4. The Morgan fingerprint density at radius 3 is 2.51 bits per heavy atom. The average Bonchev–Trinajstić information content (AvgIpc) is 3.25. The van der Waals surface area contributed by atoms with Crippen molar-refractivity contribution in [3.8, 4) is 0 Å². The van der Waals surface area contributed by atoms with Gasteiger partial charge in [0, 0.05) is 12.6 Å². The Balaban J connectivity index is 1.38. The van der Waals surface area contributed by atoms with Crippen molar-refractivity contribution in [2.24, 2.45) is 63.7 Å². The Labute approximate surface area is 246 Å². The molecule has 0 radical (unpaired) electrons. The molecule has 0 amide bonds. The number of thiol groups is 1. The summed E-state index contributed by atoms with van der Waals surface area (Å²) in [5.74, 6) is 6.91. The standard InChI is InChI=1S/C34H62N4S/c1-22(2)8-6-9-23(3)27-13-14-28-26-12-11-25-20-24(30(35)21-38-31(32(36)37)10-7-19-39)15-17-33(25,4)29(26)16-18-34(27,28)5/h11,22-24,26-31,38-39H,6-10,12-21,35H2,1-5H3,(H3,36,37)/t23-,24?,26?,27-,28?,29?,30?,31?,33+,34-/m1/s1. The van der Waals surface area contributed by atoms with Gasteiger partial charge in [-0.05, 0) is 122 Å². The van der Waals surface area contributed by atoms with Crippen molar-refractivity contribution in [1.82, 2.24) is 5.32 Å². The van der Waals surface area contributed by atoms with Crippen molar-refractivity contribution in [3.63, 3.8) is 0 Å². The molecule has 4 aliphatic rings. The summed E-state index contributed by atoms with van der Waals surface area (Å²) in [4.78, 5) is 0. The van der Waals surface area contributed by atoms with Crippen molar-refractivity contribution in [3.05, 3.63) is 11.6 Å². The third-order valence-corrected chi connectivity index (χ3v) is 12.9. The molecule has 0 aromatic rings. The number of fused-ring (bicyclic) bond motifs is 5. The molecule has 4 rings (SSSR count). The molecule has 0 aliphatic heterocycles. The maximum Gasteiger partial charge on any atom is 0.108 e. The fourth-order valence-corrected chi connectivity index (χ4v) is 10.4. The van der Waals surface area contributed by atoms with E-state index in [0.717, 1.165) is 60.6 Å². The minimum atomic E-state index is -0.0728. The SMILES string of the molecule is CC(C)CCC[C@@H](C)[C@H]1CCC2C3CC=C4CC(C(N)CNC(CCCS)C(=N)N)CC[C@]4(C)C3CC[C@@]21C. The summed E-state index contributed by atoms with van der Waals surface area (Å²) < 4.78 is 0. The summed E-state index contributed by atoms with van der Waals surface area (Å²) in [6.07, 6.45) is 19.6. The minimum absolute atomic E-state index is 0.0728. The normalized spacial score (nSPS) is 38.4. The fourth-order valence-electron chi connectivity index (χ4n) is 10.2. The molecule has 5 heteroatoms. The van der Waals surface area contributed by atoms with Gasteiger partial charge in [0.2, 0.25) is 0 Å². The van der Waals surface area contributed by atoms with Crippen LogP contribution in [0.1, 0.15) is 118 Å². The molecular weight excluding hydrogens is 496 g/mol. The van der Waals surface area contributed by atoms with Gasteiger partial charge in [-0.3, -0.25) is 5.41 Å². The average molecular weight is 559 g/mol. The highest BCUT2D eigenvalue weighted by Gasteiger charge is 2.59. The third-order valence-electron chi connectivity index (χ3n) is 12.6. The summed E-state index contributed by atoms with van der Waals surface area (Å²) in [6, 6.07) is 0.0462. The van der Waals surface area contributed by atoms with Crippen molar-refractivity contribution < 1.29 is 0 Å². The largest absolute Gasteiger partial charge is 0.386 e. The smallest absolute Gasteiger partial charge is 0.108 e. The highest BCUT2D eigenvalue weighted by molar-refractivity contribution is 7.80. The van der Waals surface area contributed by atoms with Crippen LogP contribution in [0.15, 0.2) is 11.6 Å². The summed E-state index contributed by atoms with van der Waals surface area (Å²) in [5, 5.41) is 11.4. The van der Waals surface area contributed by atoms with E-state index in [1.807, 2.05) is 0 Å². The molecule has 10 atom stereocenters. The second-order valence-electron chi connectivity index (χ2n) is 15.2. The van der Waals surface area contributed by atoms with Crippen molar-refractivity contribution in [2.45, 2.75) is 130 Å². The van der Waals surface area contributed by atoms with Crippen LogP contribution in [0.5, 0.6) is 0 Å². The van der Waals surface area contributed by atoms with Gasteiger partial charge in [-0.2, -0.15) is 12.6 Å². The lowest BCUT2D eigenvalue weighted by Gasteiger charge is -2.59. The molecule has 0 aromatic carbocycles. The fraction of sp³-hybridized carbons (Fsp3) is 0.912. The lowest BCUT2D eigenvalue weighted by Crippen LogP contribution is -2.52. The zero-order valence-corrected chi connectivity index (χ0v) is 26.9. The number of allylic oxidation sites excluding steroid dienone is 2. The van der Waals surface area contributed by atoms with Crippen LogP contribution in [0, 0.1) is 57.7 Å². The van der Waals surface area contributed by atoms with E-state index in [9.17, 15) is 0 Å². The van der Waals surface area contributed by atoms with Crippen LogP contribution in [0.4, 0.5) is 0 Å². The van der Waals surface area contributed by atoms with E-state index in [4.69, 9.17) is 16.9 Å². The zero-order valence-electron chi connectivity index (χ0n) is 26.0. The molecular formula is C34H62N4S. The molecule has 4 nitrogen and oxygen atoms in total. The van der Waals surface area contributed by atoms with Gasteiger partial charge in [-0.15, -0.1) is 0 Å². The second kappa shape index (κ2) is 13.2. The van der Waals surface area contributed by atoms with E-state index in [1.165, 1.54) is 70.6 Å². The molecule has 39 heavy (non-hydrogen) atoms. The Hall–Kier alpha value is -0.520. The van der Waals surface area contributed by atoms with Gasteiger partial charge in [0.25, 0.3) is 0 Å². The Bertz CT molecular complexity index is 856. The Morgan fingerprint density at radius 2 is 1.82 bits per heavy atom. The van der Waals surface area contributed by atoms with E-state index in [-0.39, 0.29) is 17.9 Å². The maximum atomic E-state index is 7.94. The highest BCUT2D eigenvalue weighted by Crippen LogP contribution is 2.67. The first kappa shape index (κ1) is 31.4. The number of nitrogens with one attached hydrogen (secondary N) is 2. The number of hydrogen-bond acceptors (Lipinski definition) is 4. The number of amidine groups is 1. The first-order chi connectivity index (χ1) is 18.5. The van der Waals surface area contributed by atoms with Crippen LogP contribution in [0.25, 0.3) is 0 Å². The number of hydrogen-bond donors (Lipinski definition) is 5. The lowest BCUT2D eigenvalue weighted by atomic mass is 9.46. The van der Waals surface area contributed by atoms with Gasteiger partial charge >= 0.3 is 0 Å². The van der Waals surface area contributed by atoms with Crippen molar-refractivity contribution in [2.75, 3.05) is 12.3 Å². The quantitative estimate of drug-likeness (QED) is 0.0699. The van der Waals surface area contributed by atoms with E-state index >= 15 is 0 Å². The summed E-state index contributed by atoms with van der Waals surface area (Å²) in [7, 11) is 0. The van der Waals surface area contributed by atoms with E-state index in [0.29, 0.717) is 16.7 Å². The molecule has 6 unspecified atom stereocenters. The monoisotopic (exact) mass is 558 g/mol. The first-order valence-electron chi connectivity index (χ1n) is 16.6. The van der Waals surface area contributed by atoms with Gasteiger partial charge in [0.05, 0.1) is 6.04 Å². The van der Waals surface area contributed by atoms with Crippen LogP contribution in [0.2, 0.25) is 0 Å². The van der Waals surface area contributed by atoms with Crippen molar-refractivity contribution in [1.29, 1.82) is 5.41 Å². The minimum Gasteiger partial charge on any atom is -0.386 e. The van der Waals surface area contributed by atoms with Crippen LogP contribution < -0.4 is 16.8 Å². The van der Waals surface area contributed by atoms with Gasteiger partial charge in [-0.1, -0.05) is 65.5 Å². The van der Waals surface area contributed by atoms with Crippen molar-refractivity contribution >= 4 is 18.5 Å². The molecule has 3 fully saturated rings. The molecule has 6 N–H and O–H groups in total. The molecule has 0 spiro atoms. The summed E-state index contributed by atoms with van der Waals surface area (Å²) in [5.41, 5.74) is 15.3. The topological polar surface area (TPSA) is 87.9 Å². The second-order valence-corrected chi connectivity index (χ2v) is 15.7. The van der Waals surface area contributed by atoms with Crippen LogP contribution >= 0.6 is 12.6 Å². The van der Waals surface area contributed by atoms with Gasteiger partial charge < -0.3 is 16.8 Å². The summed E-state index contributed by atoms with van der Waals surface area (Å²) in [6.45, 7) is 13.4. The van der Waals surface area contributed by atoms with Crippen LogP contribution in [-0.2, 0) is 0 Å². The third kappa shape index (κ3) is 6.61. The van der Waals surface area contributed by atoms with E-state index in [1.54, 1.807) is 5.57 Å². The Kier molecular flexibility index (Phi) is 10.6. The molecule has 0 saturated heterocycles. The highest BCUT2D eigenvalue weighted by atomic mass is 32.1. The molecule has 0 aromatic heterocycles. The first-order valence-corrected chi connectivity index (χ1v) is 17.3. The predicted octanol–water partition coefficient (Wildman–Crippen LogP) is 7.58. The van der Waals surface area contributed by atoms with Crippen LogP contribution in [0.3, 0.4) is 0 Å². The van der Waals surface area contributed by atoms with Crippen LogP contribution in [-0.4, -0.2) is 30.2 Å². The van der Waals surface area contributed by atoms with Gasteiger partial charge in [0.1, 0.15) is 5.84 Å².